The molecule has 2 heterocycles. The Bertz CT molecular complexity index is 809. The number of rotatable bonds is 5. The predicted molar refractivity (Wildman–Crippen MR) is 95.9 cm³/mol. The molecular formula is C17H16ClN3S. The molecule has 0 amide bonds. The normalized spacial score (nSPS) is 10.8. The number of aryl methyl sites for hydroxylation is 1. The third-order valence-corrected chi connectivity index (χ3v) is 4.53. The molecule has 22 heavy (non-hydrogen) atoms. The first-order chi connectivity index (χ1) is 10.7. The van der Waals surface area contributed by atoms with E-state index in [1.165, 1.54) is 5.56 Å². The van der Waals surface area contributed by atoms with E-state index in [-0.39, 0.29) is 5.28 Å². The van der Waals surface area contributed by atoms with Crippen molar-refractivity contribution in [1.29, 1.82) is 0 Å². The lowest BCUT2D eigenvalue weighted by atomic mass is 10.0. The molecule has 1 N–H and O–H groups in total. The van der Waals surface area contributed by atoms with E-state index in [1.807, 2.05) is 0 Å². The van der Waals surface area contributed by atoms with Crippen molar-refractivity contribution in [3.63, 3.8) is 0 Å². The van der Waals surface area contributed by atoms with Gasteiger partial charge in [0.25, 0.3) is 0 Å². The van der Waals surface area contributed by atoms with E-state index in [2.05, 4.69) is 58.4 Å². The van der Waals surface area contributed by atoms with Gasteiger partial charge in [-0.1, -0.05) is 37.3 Å². The van der Waals surface area contributed by atoms with Gasteiger partial charge in [0.2, 0.25) is 5.28 Å². The molecule has 0 saturated carbocycles. The number of nitrogens with one attached hydrogen (secondary N) is 1. The van der Waals surface area contributed by atoms with Crippen molar-refractivity contribution >= 4 is 39.0 Å². The lowest BCUT2D eigenvalue weighted by molar-refractivity contribution is 1.14. The third kappa shape index (κ3) is 2.85. The maximum atomic E-state index is 6.02. The Kier molecular flexibility index (Phi) is 4.41. The maximum Gasteiger partial charge on any atom is 0.225 e. The van der Waals surface area contributed by atoms with E-state index in [0.29, 0.717) is 6.54 Å². The molecule has 112 valence electrons. The third-order valence-electron chi connectivity index (χ3n) is 3.49. The minimum atomic E-state index is 0.258. The smallest absolute Gasteiger partial charge is 0.225 e. The van der Waals surface area contributed by atoms with E-state index in [1.54, 1.807) is 17.4 Å². The first kappa shape index (κ1) is 15.0. The van der Waals surface area contributed by atoms with Gasteiger partial charge < -0.3 is 5.32 Å². The van der Waals surface area contributed by atoms with E-state index in [0.717, 1.165) is 33.6 Å². The van der Waals surface area contributed by atoms with Crippen molar-refractivity contribution in [1.82, 2.24) is 9.97 Å². The first-order valence-electron chi connectivity index (χ1n) is 7.11. The zero-order valence-electron chi connectivity index (χ0n) is 12.3. The van der Waals surface area contributed by atoms with Crippen LogP contribution >= 0.6 is 22.9 Å². The van der Waals surface area contributed by atoms with Crippen molar-refractivity contribution in [3.05, 3.63) is 53.1 Å². The van der Waals surface area contributed by atoms with Crippen LogP contribution in [0.25, 0.3) is 21.3 Å². The Balaban J connectivity index is 2.14. The van der Waals surface area contributed by atoms with Crippen LogP contribution in [0.3, 0.4) is 0 Å². The van der Waals surface area contributed by atoms with Crippen LogP contribution in [0.1, 0.15) is 12.5 Å². The minimum Gasteiger partial charge on any atom is -0.366 e. The highest BCUT2D eigenvalue weighted by atomic mass is 35.5. The molecule has 0 bridgehead atoms. The molecule has 0 aliphatic heterocycles. The average molecular weight is 330 g/mol. The Morgan fingerprint density at radius 3 is 2.73 bits per heavy atom. The van der Waals surface area contributed by atoms with Crippen LogP contribution in [-0.2, 0) is 6.42 Å². The van der Waals surface area contributed by atoms with Crippen molar-refractivity contribution in [3.8, 4) is 11.1 Å². The zero-order chi connectivity index (χ0) is 15.5. The van der Waals surface area contributed by atoms with Gasteiger partial charge in [-0.25, -0.2) is 9.97 Å². The Labute approximate surface area is 138 Å². The summed E-state index contributed by atoms with van der Waals surface area (Å²) in [5, 5.41) is 6.63. The summed E-state index contributed by atoms with van der Waals surface area (Å²) < 4.78 is 0. The number of aromatic nitrogens is 2. The van der Waals surface area contributed by atoms with Crippen LogP contribution in [0.5, 0.6) is 0 Å². The highest BCUT2D eigenvalue weighted by Gasteiger charge is 2.14. The number of thiophene rings is 1. The summed E-state index contributed by atoms with van der Waals surface area (Å²) in [7, 11) is 0. The number of hydrogen-bond donors (Lipinski definition) is 1. The number of hydrogen-bond acceptors (Lipinski definition) is 4. The monoisotopic (exact) mass is 329 g/mol. The molecule has 0 aliphatic rings. The standard InChI is InChI=1S/C17H16ClN3S/c1-3-9-19-15-14-13(10-22-16(14)21-17(18)20-15)12-7-5-11(4-2)6-8-12/h3,5-8,10H,1,4,9H2,2H3,(H,19,20,21). The predicted octanol–water partition coefficient (Wildman–Crippen LogP) is 5.17. The maximum absolute atomic E-state index is 6.02. The summed E-state index contributed by atoms with van der Waals surface area (Å²) in [4.78, 5) is 9.55. The van der Waals surface area contributed by atoms with Crippen LogP contribution in [0.2, 0.25) is 5.28 Å². The van der Waals surface area contributed by atoms with Gasteiger partial charge in [-0.15, -0.1) is 17.9 Å². The number of anilines is 1. The quantitative estimate of drug-likeness (QED) is 0.518. The molecule has 0 fully saturated rings. The number of benzene rings is 1. The highest BCUT2D eigenvalue weighted by molar-refractivity contribution is 7.17. The summed E-state index contributed by atoms with van der Waals surface area (Å²) in [6, 6.07) is 8.61. The molecule has 0 unspecified atom stereocenters. The lowest BCUT2D eigenvalue weighted by Crippen LogP contribution is -2.02. The van der Waals surface area contributed by atoms with Gasteiger partial charge in [-0.2, -0.15) is 0 Å². The molecule has 0 saturated heterocycles. The van der Waals surface area contributed by atoms with E-state index < -0.39 is 0 Å². The molecule has 0 spiro atoms. The first-order valence-corrected chi connectivity index (χ1v) is 8.37. The second kappa shape index (κ2) is 6.46. The largest absolute Gasteiger partial charge is 0.366 e. The van der Waals surface area contributed by atoms with E-state index in [9.17, 15) is 0 Å². The zero-order valence-corrected chi connectivity index (χ0v) is 13.8. The minimum absolute atomic E-state index is 0.258. The summed E-state index contributed by atoms with van der Waals surface area (Å²) in [6.07, 6.45) is 2.83. The summed E-state index contributed by atoms with van der Waals surface area (Å²) in [5.41, 5.74) is 3.62. The topological polar surface area (TPSA) is 37.8 Å². The molecular weight excluding hydrogens is 314 g/mol. The molecule has 3 nitrogen and oxygen atoms in total. The van der Waals surface area contributed by atoms with Crippen molar-refractivity contribution < 1.29 is 0 Å². The molecule has 2 aromatic heterocycles. The van der Waals surface area contributed by atoms with Crippen LogP contribution in [-0.4, -0.2) is 16.5 Å². The van der Waals surface area contributed by atoms with Crippen molar-refractivity contribution in [2.75, 3.05) is 11.9 Å². The van der Waals surface area contributed by atoms with Gasteiger partial charge >= 0.3 is 0 Å². The molecule has 0 atom stereocenters. The molecule has 3 rings (SSSR count). The fraction of sp³-hybridized carbons (Fsp3) is 0.176. The Hall–Kier alpha value is -1.91. The van der Waals surface area contributed by atoms with Crippen LogP contribution < -0.4 is 5.32 Å². The van der Waals surface area contributed by atoms with Crippen LogP contribution in [0.15, 0.2) is 42.3 Å². The number of halogens is 1. The fourth-order valence-electron chi connectivity index (χ4n) is 2.34. The van der Waals surface area contributed by atoms with E-state index >= 15 is 0 Å². The van der Waals surface area contributed by atoms with Crippen LogP contribution in [0.4, 0.5) is 5.82 Å². The Morgan fingerprint density at radius 2 is 2.05 bits per heavy atom. The van der Waals surface area contributed by atoms with Gasteiger partial charge in [-0.05, 0) is 29.1 Å². The van der Waals surface area contributed by atoms with Crippen molar-refractivity contribution in [2.24, 2.45) is 0 Å². The summed E-state index contributed by atoms with van der Waals surface area (Å²) in [6.45, 7) is 6.52. The second-order valence-electron chi connectivity index (χ2n) is 4.89. The van der Waals surface area contributed by atoms with Gasteiger partial charge in [0.1, 0.15) is 10.6 Å². The number of nitrogens with zero attached hydrogens (tertiary/aromatic N) is 2. The highest BCUT2D eigenvalue weighted by Crippen LogP contribution is 2.37. The molecule has 1 aromatic carbocycles. The SMILES string of the molecule is C=CCNc1nc(Cl)nc2scc(-c3ccc(CC)cc3)c12. The average Bonchev–Trinajstić information content (AvgIpc) is 2.96. The summed E-state index contributed by atoms with van der Waals surface area (Å²) in [5.74, 6) is 0.755. The van der Waals surface area contributed by atoms with Gasteiger partial charge in [0.05, 0.1) is 5.39 Å². The second-order valence-corrected chi connectivity index (χ2v) is 6.09. The van der Waals surface area contributed by atoms with Crippen LogP contribution in [0, 0.1) is 0 Å². The van der Waals surface area contributed by atoms with Crippen molar-refractivity contribution in [2.45, 2.75) is 13.3 Å². The van der Waals surface area contributed by atoms with Gasteiger partial charge in [-0.3, -0.25) is 0 Å². The van der Waals surface area contributed by atoms with E-state index in [4.69, 9.17) is 11.6 Å². The van der Waals surface area contributed by atoms with Gasteiger partial charge in [0.15, 0.2) is 0 Å². The molecule has 3 aromatic rings. The molecule has 0 radical (unpaired) electrons. The molecule has 0 aliphatic carbocycles. The Morgan fingerprint density at radius 1 is 1.27 bits per heavy atom. The lowest BCUT2D eigenvalue weighted by Gasteiger charge is -2.07. The molecule has 5 heteroatoms. The summed E-state index contributed by atoms with van der Waals surface area (Å²) >= 11 is 7.60. The van der Waals surface area contributed by atoms with Gasteiger partial charge in [0, 0.05) is 17.5 Å². The number of fused-ring (bicyclic) bond motifs is 1. The fourth-order valence-corrected chi connectivity index (χ4v) is 3.51.